The van der Waals surface area contributed by atoms with Crippen LogP contribution in [-0.2, 0) is 15.8 Å². The van der Waals surface area contributed by atoms with Gasteiger partial charge in [0.05, 0.1) is 12.4 Å². The van der Waals surface area contributed by atoms with Gasteiger partial charge in [-0.25, -0.2) is 9.78 Å². The number of hydrogen-bond acceptors (Lipinski definition) is 7. The predicted molar refractivity (Wildman–Crippen MR) is 165 cm³/mol. The summed E-state index contributed by atoms with van der Waals surface area (Å²) in [5, 5.41) is 2.81. The van der Waals surface area contributed by atoms with E-state index in [1.165, 1.54) is 0 Å². The summed E-state index contributed by atoms with van der Waals surface area (Å²) < 4.78 is 20.2. The number of benzene rings is 1. The lowest BCUT2D eigenvalue weighted by Gasteiger charge is -2.37. The van der Waals surface area contributed by atoms with Crippen LogP contribution in [0.5, 0.6) is 5.88 Å². The van der Waals surface area contributed by atoms with E-state index in [2.05, 4.69) is 62.7 Å². The van der Waals surface area contributed by atoms with E-state index < -0.39 is 20.0 Å². The van der Waals surface area contributed by atoms with Crippen molar-refractivity contribution >= 4 is 31.5 Å². The molecule has 0 unspecified atom stereocenters. The van der Waals surface area contributed by atoms with E-state index >= 15 is 0 Å². The number of ether oxygens (including phenoxy) is 2. The number of nitrogens with one attached hydrogen (secondary N) is 1. The fourth-order valence-electron chi connectivity index (χ4n) is 4.75. The summed E-state index contributed by atoms with van der Waals surface area (Å²) in [5.41, 5.74) is 2.52. The van der Waals surface area contributed by atoms with Gasteiger partial charge in [-0.1, -0.05) is 64.6 Å². The Morgan fingerprint density at radius 1 is 1.12 bits per heavy atom. The number of nitrogens with zero attached hydrogens (tertiary/aromatic N) is 4. The molecule has 1 fully saturated rings. The van der Waals surface area contributed by atoms with Gasteiger partial charge in [-0.15, -0.1) is 0 Å². The van der Waals surface area contributed by atoms with Gasteiger partial charge in [0.25, 0.3) is 0 Å². The zero-order valence-electron chi connectivity index (χ0n) is 25.9. The monoisotopic (exact) mass is 579 g/mol. The first-order chi connectivity index (χ1) is 19.1. The van der Waals surface area contributed by atoms with Crippen molar-refractivity contribution in [1.29, 1.82) is 0 Å². The van der Waals surface area contributed by atoms with Crippen LogP contribution < -0.4 is 10.1 Å². The highest BCUT2D eigenvalue weighted by Crippen LogP contribution is 2.46. The zero-order valence-corrected chi connectivity index (χ0v) is 26.9. The Hall–Kier alpha value is -3.24. The van der Waals surface area contributed by atoms with Gasteiger partial charge in [0, 0.05) is 12.5 Å². The van der Waals surface area contributed by atoms with E-state index in [0.29, 0.717) is 30.3 Å². The normalized spacial score (nSPS) is 19.9. The number of imidazole rings is 1. The number of aromatic nitrogens is 4. The van der Waals surface area contributed by atoms with E-state index in [0.717, 1.165) is 17.6 Å². The molecule has 41 heavy (non-hydrogen) atoms. The molecule has 0 bridgehead atoms. The molecule has 1 aromatic carbocycles. The number of rotatable bonds is 8. The molecular weight excluding hydrogens is 534 g/mol. The third-order valence-electron chi connectivity index (χ3n) is 8.17. The van der Waals surface area contributed by atoms with Gasteiger partial charge in [0.15, 0.2) is 19.5 Å². The molecule has 1 saturated carbocycles. The number of carbonyl (C=O) groups is 1. The van der Waals surface area contributed by atoms with Gasteiger partial charge in [0.2, 0.25) is 11.8 Å². The van der Waals surface area contributed by atoms with E-state index in [-0.39, 0.29) is 28.8 Å². The molecule has 1 aliphatic rings. The highest BCUT2D eigenvalue weighted by Gasteiger charge is 2.41. The molecule has 2 heterocycles. The summed E-state index contributed by atoms with van der Waals surface area (Å²) in [5.74, 6) is 0.982. The van der Waals surface area contributed by atoms with Crippen LogP contribution in [-0.4, -0.2) is 46.1 Å². The zero-order chi connectivity index (χ0) is 30.2. The number of amides is 1. The highest BCUT2D eigenvalue weighted by atomic mass is 28.4. The van der Waals surface area contributed by atoms with Crippen molar-refractivity contribution in [3.8, 4) is 5.88 Å². The summed E-state index contributed by atoms with van der Waals surface area (Å²) >= 11 is 0. The lowest BCUT2D eigenvalue weighted by atomic mass is 9.97. The van der Waals surface area contributed by atoms with Gasteiger partial charge in [-0.05, 0) is 62.4 Å². The molecule has 222 valence electrons. The van der Waals surface area contributed by atoms with Crippen molar-refractivity contribution in [1.82, 2.24) is 19.5 Å². The van der Waals surface area contributed by atoms with Gasteiger partial charge in [-0.2, -0.15) is 9.97 Å². The van der Waals surface area contributed by atoms with Crippen LogP contribution in [0, 0.1) is 11.8 Å². The third-order valence-corrected chi connectivity index (χ3v) is 12.7. The molecule has 0 spiro atoms. The number of carbonyl (C=O) groups excluding carboxylic acids is 1. The number of fused-ring (bicyclic) bond motifs is 1. The first-order valence-corrected chi connectivity index (χ1v) is 17.2. The second kappa shape index (κ2) is 11.6. The lowest BCUT2D eigenvalue weighted by Crippen LogP contribution is -2.42. The lowest BCUT2D eigenvalue weighted by molar-refractivity contribution is 0.0634. The molecular formula is C31H45N5O4Si. The molecule has 1 aliphatic carbocycles. The number of anilines is 1. The second-order valence-electron chi connectivity index (χ2n) is 13.6. The Bertz CT molecular complexity index is 1390. The van der Waals surface area contributed by atoms with Crippen LogP contribution in [0.25, 0.3) is 11.2 Å². The third kappa shape index (κ3) is 7.16. The summed E-state index contributed by atoms with van der Waals surface area (Å²) in [6.07, 6.45) is 2.01. The maximum Gasteiger partial charge on any atom is 0.414 e. The van der Waals surface area contributed by atoms with Gasteiger partial charge < -0.3 is 18.5 Å². The van der Waals surface area contributed by atoms with Crippen LogP contribution >= 0.6 is 0 Å². The quantitative estimate of drug-likeness (QED) is 0.217. The fourth-order valence-corrected chi connectivity index (χ4v) is 5.78. The van der Waals surface area contributed by atoms with Crippen LogP contribution in [0.1, 0.15) is 66.5 Å². The maximum absolute atomic E-state index is 12.6. The topological polar surface area (TPSA) is 100 Å². The maximum atomic E-state index is 12.6. The smallest absolute Gasteiger partial charge is 0.414 e. The second-order valence-corrected chi connectivity index (χ2v) is 18.4. The van der Waals surface area contributed by atoms with Gasteiger partial charge in [-0.3, -0.25) is 5.32 Å². The minimum Gasteiger partial charge on any atom is -0.471 e. The van der Waals surface area contributed by atoms with E-state index in [9.17, 15) is 4.79 Å². The Balaban J connectivity index is 1.64. The summed E-state index contributed by atoms with van der Waals surface area (Å²) in [7, 11) is -1.90. The van der Waals surface area contributed by atoms with Crippen molar-refractivity contribution in [3.63, 3.8) is 0 Å². The fraction of sp³-hybridized carbons (Fsp3) is 0.548. The summed E-state index contributed by atoms with van der Waals surface area (Å²) in [6, 6.07) is 9.80. The average molecular weight is 580 g/mol. The van der Waals surface area contributed by atoms with Crippen LogP contribution in [0.15, 0.2) is 48.8 Å². The first-order valence-electron chi connectivity index (χ1n) is 14.3. The Morgan fingerprint density at radius 2 is 1.80 bits per heavy atom. The Labute approximate surface area is 244 Å². The minimum atomic E-state index is -1.90. The average Bonchev–Trinajstić information content (AvgIpc) is 3.40. The first kappa shape index (κ1) is 30.7. The summed E-state index contributed by atoms with van der Waals surface area (Å²) in [4.78, 5) is 26.4. The van der Waals surface area contributed by atoms with Crippen molar-refractivity contribution in [2.45, 2.75) is 91.3 Å². The van der Waals surface area contributed by atoms with Crippen molar-refractivity contribution in [2.75, 3.05) is 11.9 Å². The molecule has 2 aromatic heterocycles. The molecule has 4 rings (SSSR count). The molecule has 9 nitrogen and oxygen atoms in total. The molecule has 0 radical (unpaired) electrons. The largest absolute Gasteiger partial charge is 0.471 e. The molecule has 0 aliphatic heterocycles. The van der Waals surface area contributed by atoms with Crippen molar-refractivity contribution in [2.24, 2.45) is 11.8 Å². The molecule has 3 atom stereocenters. The van der Waals surface area contributed by atoms with Crippen LogP contribution in [0.4, 0.5) is 10.7 Å². The van der Waals surface area contributed by atoms with E-state index in [4.69, 9.17) is 18.9 Å². The molecule has 1 amide bonds. The Kier molecular flexibility index (Phi) is 8.66. The Morgan fingerprint density at radius 3 is 2.44 bits per heavy atom. The van der Waals surface area contributed by atoms with Crippen molar-refractivity contribution in [3.05, 3.63) is 54.4 Å². The SMILES string of the molecule is C=C1[C@H](CO[Si](C)(C)C(C)(C)C)[C@@H](C)C[C@@H]1n1cnc2c(OCc3ccccc3)nc(NC(=O)OC(C)(C)C)nc21. The van der Waals surface area contributed by atoms with Crippen molar-refractivity contribution < 1.29 is 18.7 Å². The molecule has 0 saturated heterocycles. The standard InChI is InChI=1S/C31H45N5O4Si/c1-20-16-24(21(2)23(20)18-39-41(9,10)31(6,7)8)36-19-32-25-26(36)33-28(35-29(37)40-30(3,4)5)34-27(25)38-17-22-14-12-11-13-15-22/h11-15,19-20,23-24H,2,16-18H2,1,3-10H3,(H,33,34,35,37)/t20-,23+,24-/m0/s1. The minimum absolute atomic E-state index is 0.0192. The van der Waals surface area contributed by atoms with Gasteiger partial charge in [0.1, 0.15) is 12.2 Å². The van der Waals surface area contributed by atoms with Crippen LogP contribution in [0.3, 0.4) is 0 Å². The highest BCUT2D eigenvalue weighted by molar-refractivity contribution is 6.74. The molecule has 3 aromatic rings. The summed E-state index contributed by atoms with van der Waals surface area (Å²) in [6.45, 7) is 24.5. The van der Waals surface area contributed by atoms with E-state index in [1.807, 2.05) is 34.9 Å². The van der Waals surface area contributed by atoms with Gasteiger partial charge >= 0.3 is 6.09 Å². The number of hydrogen-bond donors (Lipinski definition) is 1. The predicted octanol–water partition coefficient (Wildman–Crippen LogP) is 7.53. The molecule has 1 N–H and O–H groups in total. The van der Waals surface area contributed by atoms with Crippen LogP contribution in [0.2, 0.25) is 18.1 Å². The van der Waals surface area contributed by atoms with E-state index in [1.54, 1.807) is 27.1 Å². The molecule has 10 heteroatoms.